The minimum Gasteiger partial charge on any atom is -0.480 e. The van der Waals surface area contributed by atoms with Crippen LogP contribution in [0.5, 0.6) is 0 Å². The second-order valence-electron chi connectivity index (χ2n) is 4.40. The van der Waals surface area contributed by atoms with E-state index < -0.39 is 5.97 Å². The first kappa shape index (κ1) is 10.5. The molecule has 0 aromatic heterocycles. The molecular formula is C9H17NO3. The molecule has 4 nitrogen and oxygen atoms in total. The lowest BCUT2D eigenvalue weighted by molar-refractivity contribution is -0.140. The Morgan fingerprint density at radius 2 is 2.23 bits per heavy atom. The Morgan fingerprint density at radius 3 is 2.69 bits per heavy atom. The summed E-state index contributed by atoms with van der Waals surface area (Å²) in [6.07, 6.45) is 0.359. The highest BCUT2D eigenvalue weighted by Gasteiger charge is 2.34. The number of aliphatic hydroxyl groups is 1. The van der Waals surface area contributed by atoms with Crippen LogP contribution >= 0.6 is 0 Å². The van der Waals surface area contributed by atoms with Gasteiger partial charge in [0.2, 0.25) is 0 Å². The lowest BCUT2D eigenvalue weighted by atomic mass is 9.81. The van der Waals surface area contributed by atoms with E-state index in [1.807, 2.05) is 18.7 Å². The number of carbonyl (C=O) groups is 1. The highest BCUT2D eigenvalue weighted by Crippen LogP contribution is 2.28. The first-order valence-electron chi connectivity index (χ1n) is 4.54. The molecule has 1 aliphatic heterocycles. The van der Waals surface area contributed by atoms with Crippen LogP contribution in [0.25, 0.3) is 0 Å². The smallest absolute Gasteiger partial charge is 0.317 e. The fourth-order valence-corrected chi connectivity index (χ4v) is 1.78. The Morgan fingerprint density at radius 1 is 1.62 bits per heavy atom. The molecule has 0 amide bonds. The number of hydrogen-bond donors (Lipinski definition) is 2. The minimum absolute atomic E-state index is 0.0795. The standard InChI is InChI=1S/C9H17NO3/c1-9(2)6-10(5-8(12)13)4-3-7(9)11/h7,11H,3-6H2,1-2H3,(H,12,13). The number of hydrogen-bond acceptors (Lipinski definition) is 3. The fourth-order valence-electron chi connectivity index (χ4n) is 1.78. The fraction of sp³-hybridized carbons (Fsp3) is 0.889. The van der Waals surface area contributed by atoms with Crippen molar-refractivity contribution in [2.45, 2.75) is 26.4 Å². The van der Waals surface area contributed by atoms with Crippen LogP contribution in [0.15, 0.2) is 0 Å². The Bertz CT molecular complexity index is 203. The summed E-state index contributed by atoms with van der Waals surface area (Å²) >= 11 is 0. The molecule has 0 aromatic rings. The second-order valence-corrected chi connectivity index (χ2v) is 4.40. The van der Waals surface area contributed by atoms with Crippen LogP contribution in [0.3, 0.4) is 0 Å². The summed E-state index contributed by atoms with van der Waals surface area (Å²) in [6.45, 7) is 5.34. The molecule has 76 valence electrons. The van der Waals surface area contributed by atoms with Gasteiger partial charge in [-0.1, -0.05) is 13.8 Å². The quantitative estimate of drug-likeness (QED) is 0.646. The van der Waals surface area contributed by atoms with Crippen molar-refractivity contribution in [2.24, 2.45) is 5.41 Å². The summed E-state index contributed by atoms with van der Waals surface area (Å²) < 4.78 is 0. The van der Waals surface area contributed by atoms with Gasteiger partial charge in [-0.15, -0.1) is 0 Å². The predicted octanol–water partition coefficient (Wildman–Crippen LogP) is 0.164. The Balaban J connectivity index is 2.50. The Hall–Kier alpha value is -0.610. The van der Waals surface area contributed by atoms with Crippen molar-refractivity contribution in [3.05, 3.63) is 0 Å². The molecule has 0 bridgehead atoms. The van der Waals surface area contributed by atoms with Gasteiger partial charge in [0.25, 0.3) is 0 Å². The molecule has 0 aliphatic carbocycles. The largest absolute Gasteiger partial charge is 0.480 e. The Labute approximate surface area is 78.2 Å². The zero-order valence-electron chi connectivity index (χ0n) is 8.16. The molecule has 1 aliphatic rings. The molecule has 4 heteroatoms. The summed E-state index contributed by atoms with van der Waals surface area (Å²) in [5, 5.41) is 18.2. The SMILES string of the molecule is CC1(C)CN(CC(=O)O)CCC1O. The zero-order chi connectivity index (χ0) is 10.1. The van der Waals surface area contributed by atoms with Gasteiger partial charge in [-0.05, 0) is 6.42 Å². The maximum atomic E-state index is 10.5. The maximum Gasteiger partial charge on any atom is 0.317 e. The van der Waals surface area contributed by atoms with Crippen LogP contribution in [0.4, 0.5) is 0 Å². The van der Waals surface area contributed by atoms with E-state index in [-0.39, 0.29) is 18.1 Å². The Kier molecular flexibility index (Phi) is 2.93. The van der Waals surface area contributed by atoms with Crippen molar-refractivity contribution in [1.82, 2.24) is 4.90 Å². The average molecular weight is 187 g/mol. The van der Waals surface area contributed by atoms with Gasteiger partial charge in [-0.2, -0.15) is 0 Å². The molecule has 1 rings (SSSR count). The van der Waals surface area contributed by atoms with Crippen LogP contribution in [-0.2, 0) is 4.79 Å². The first-order valence-corrected chi connectivity index (χ1v) is 4.54. The van der Waals surface area contributed by atoms with Gasteiger partial charge in [0.15, 0.2) is 0 Å². The predicted molar refractivity (Wildman–Crippen MR) is 48.5 cm³/mol. The highest BCUT2D eigenvalue weighted by molar-refractivity contribution is 5.69. The zero-order valence-corrected chi connectivity index (χ0v) is 8.16. The van der Waals surface area contributed by atoms with Gasteiger partial charge in [0.1, 0.15) is 0 Å². The van der Waals surface area contributed by atoms with Gasteiger partial charge in [-0.25, -0.2) is 0 Å². The van der Waals surface area contributed by atoms with E-state index in [0.29, 0.717) is 19.5 Å². The third-order valence-corrected chi connectivity index (χ3v) is 2.61. The van der Waals surface area contributed by atoms with Crippen molar-refractivity contribution in [3.8, 4) is 0 Å². The third-order valence-electron chi connectivity index (χ3n) is 2.61. The van der Waals surface area contributed by atoms with E-state index in [9.17, 15) is 9.90 Å². The van der Waals surface area contributed by atoms with Crippen LogP contribution in [0.2, 0.25) is 0 Å². The summed E-state index contributed by atoms with van der Waals surface area (Å²) in [4.78, 5) is 12.3. The van der Waals surface area contributed by atoms with Gasteiger partial charge in [0, 0.05) is 18.5 Å². The number of carboxylic acids is 1. The summed E-state index contributed by atoms with van der Waals surface area (Å²) in [7, 11) is 0. The molecule has 0 radical (unpaired) electrons. The molecule has 1 saturated heterocycles. The molecule has 1 fully saturated rings. The summed E-state index contributed by atoms with van der Waals surface area (Å²) in [5.41, 5.74) is -0.187. The first-order chi connectivity index (χ1) is 5.92. The summed E-state index contributed by atoms with van der Waals surface area (Å²) in [6, 6.07) is 0. The number of rotatable bonds is 2. The maximum absolute atomic E-state index is 10.5. The summed E-state index contributed by atoms with van der Waals surface area (Å²) in [5.74, 6) is -0.799. The molecular weight excluding hydrogens is 170 g/mol. The van der Waals surface area contributed by atoms with Crippen molar-refractivity contribution >= 4 is 5.97 Å². The lowest BCUT2D eigenvalue weighted by Gasteiger charge is -2.41. The van der Waals surface area contributed by atoms with E-state index in [1.54, 1.807) is 0 Å². The van der Waals surface area contributed by atoms with Gasteiger partial charge < -0.3 is 10.2 Å². The lowest BCUT2D eigenvalue weighted by Crippen LogP contribution is -2.49. The number of likely N-dealkylation sites (tertiary alicyclic amines) is 1. The van der Waals surface area contributed by atoms with Gasteiger partial charge in [-0.3, -0.25) is 9.69 Å². The van der Waals surface area contributed by atoms with E-state index in [2.05, 4.69) is 0 Å². The monoisotopic (exact) mass is 187 g/mol. The number of nitrogens with zero attached hydrogens (tertiary/aromatic N) is 1. The molecule has 1 heterocycles. The third kappa shape index (κ3) is 2.67. The normalized spacial score (nSPS) is 28.7. The number of aliphatic hydroxyl groups excluding tert-OH is 1. The average Bonchev–Trinajstić information content (AvgIpc) is 1.95. The highest BCUT2D eigenvalue weighted by atomic mass is 16.4. The van der Waals surface area contributed by atoms with Gasteiger partial charge >= 0.3 is 5.97 Å². The molecule has 13 heavy (non-hydrogen) atoms. The van der Waals surface area contributed by atoms with E-state index in [0.717, 1.165) is 0 Å². The van der Waals surface area contributed by atoms with Crippen LogP contribution in [-0.4, -0.2) is 46.8 Å². The molecule has 1 unspecified atom stereocenters. The van der Waals surface area contributed by atoms with Crippen molar-refractivity contribution in [1.29, 1.82) is 0 Å². The number of aliphatic carboxylic acids is 1. The van der Waals surface area contributed by atoms with Gasteiger partial charge in [0.05, 0.1) is 12.6 Å². The van der Waals surface area contributed by atoms with E-state index in [4.69, 9.17) is 5.11 Å². The molecule has 1 atom stereocenters. The second kappa shape index (κ2) is 3.64. The van der Waals surface area contributed by atoms with Crippen molar-refractivity contribution in [3.63, 3.8) is 0 Å². The molecule has 0 aromatic carbocycles. The number of piperidine rings is 1. The molecule has 0 saturated carbocycles. The number of carboxylic acid groups (broad SMARTS) is 1. The van der Waals surface area contributed by atoms with E-state index >= 15 is 0 Å². The molecule has 0 spiro atoms. The topological polar surface area (TPSA) is 60.8 Å². The van der Waals surface area contributed by atoms with Crippen molar-refractivity contribution in [2.75, 3.05) is 19.6 Å². The van der Waals surface area contributed by atoms with Crippen LogP contribution in [0.1, 0.15) is 20.3 Å². The van der Waals surface area contributed by atoms with Crippen LogP contribution < -0.4 is 0 Å². The minimum atomic E-state index is -0.799. The van der Waals surface area contributed by atoms with Crippen LogP contribution in [0, 0.1) is 5.41 Å². The van der Waals surface area contributed by atoms with E-state index in [1.165, 1.54) is 0 Å². The van der Waals surface area contributed by atoms with Crippen molar-refractivity contribution < 1.29 is 15.0 Å². The molecule has 2 N–H and O–H groups in total.